The summed E-state index contributed by atoms with van der Waals surface area (Å²) in [5, 5.41) is 2.77. The standard InChI is InChI=1S/C21H21F2NO4/c1-26-18-6-3-15(13-19(18)28-21(22)23)8-10-24-20(25)7-4-14-2-5-17-16(12-14)9-11-27-17/h2-7,12-13,21H,8-11H2,1H3,(H,24,25)/b7-4+. The summed E-state index contributed by atoms with van der Waals surface area (Å²) in [6.07, 6.45) is 4.56. The second-order valence-electron chi connectivity index (χ2n) is 6.20. The van der Waals surface area contributed by atoms with Crippen LogP contribution in [0.15, 0.2) is 42.5 Å². The number of rotatable bonds is 8. The number of alkyl halides is 2. The zero-order valence-corrected chi connectivity index (χ0v) is 15.4. The van der Waals surface area contributed by atoms with Crippen LogP contribution >= 0.6 is 0 Å². The molecule has 1 aliphatic rings. The quantitative estimate of drug-likeness (QED) is 0.701. The summed E-state index contributed by atoms with van der Waals surface area (Å²) < 4.78 is 39.9. The predicted octanol–water partition coefficient (Wildman–Crippen LogP) is 3.60. The van der Waals surface area contributed by atoms with Crippen LogP contribution < -0.4 is 19.5 Å². The number of amides is 1. The molecule has 0 aromatic heterocycles. The number of fused-ring (bicyclic) bond motifs is 1. The first-order chi connectivity index (χ1) is 13.5. The van der Waals surface area contributed by atoms with Crippen molar-refractivity contribution in [2.24, 2.45) is 0 Å². The molecule has 0 atom stereocenters. The summed E-state index contributed by atoms with van der Waals surface area (Å²) in [4.78, 5) is 12.0. The summed E-state index contributed by atoms with van der Waals surface area (Å²) in [5.74, 6) is 0.878. The highest BCUT2D eigenvalue weighted by Crippen LogP contribution is 2.29. The SMILES string of the molecule is COc1ccc(CCNC(=O)/C=C/c2ccc3c(c2)CCO3)cc1OC(F)F. The van der Waals surface area contributed by atoms with Gasteiger partial charge in [-0.3, -0.25) is 4.79 Å². The molecule has 0 aliphatic carbocycles. The number of methoxy groups -OCH3 is 1. The molecular weight excluding hydrogens is 368 g/mol. The first kappa shape index (κ1) is 19.7. The zero-order valence-electron chi connectivity index (χ0n) is 15.4. The highest BCUT2D eigenvalue weighted by atomic mass is 19.3. The lowest BCUT2D eigenvalue weighted by atomic mass is 10.1. The Morgan fingerprint density at radius 2 is 2.11 bits per heavy atom. The van der Waals surface area contributed by atoms with Crippen molar-refractivity contribution in [2.75, 3.05) is 20.3 Å². The van der Waals surface area contributed by atoms with Gasteiger partial charge in [-0.1, -0.05) is 12.1 Å². The van der Waals surface area contributed by atoms with Crippen molar-refractivity contribution in [2.45, 2.75) is 19.5 Å². The Hall–Kier alpha value is -3.09. The number of nitrogens with one attached hydrogen (secondary N) is 1. The van der Waals surface area contributed by atoms with Crippen molar-refractivity contribution in [1.82, 2.24) is 5.32 Å². The third kappa shape index (κ3) is 5.22. The van der Waals surface area contributed by atoms with Crippen LogP contribution in [0.3, 0.4) is 0 Å². The van der Waals surface area contributed by atoms with Gasteiger partial charge >= 0.3 is 6.61 Å². The van der Waals surface area contributed by atoms with Crippen LogP contribution in [0.5, 0.6) is 17.2 Å². The highest BCUT2D eigenvalue weighted by Gasteiger charge is 2.12. The van der Waals surface area contributed by atoms with Gasteiger partial charge in [-0.25, -0.2) is 0 Å². The lowest BCUT2D eigenvalue weighted by molar-refractivity contribution is -0.116. The van der Waals surface area contributed by atoms with Crippen molar-refractivity contribution < 1.29 is 27.8 Å². The van der Waals surface area contributed by atoms with Gasteiger partial charge in [0.25, 0.3) is 0 Å². The van der Waals surface area contributed by atoms with Crippen molar-refractivity contribution in [1.29, 1.82) is 0 Å². The van der Waals surface area contributed by atoms with Gasteiger partial charge in [0.05, 0.1) is 13.7 Å². The van der Waals surface area contributed by atoms with E-state index >= 15 is 0 Å². The molecule has 0 bridgehead atoms. The normalized spacial score (nSPS) is 12.7. The molecule has 0 radical (unpaired) electrons. The summed E-state index contributed by atoms with van der Waals surface area (Å²) in [6.45, 7) is -1.88. The van der Waals surface area contributed by atoms with Crippen LogP contribution in [0.2, 0.25) is 0 Å². The molecule has 2 aromatic rings. The van der Waals surface area contributed by atoms with Gasteiger partial charge < -0.3 is 19.5 Å². The molecule has 0 fully saturated rings. The Bertz CT molecular complexity index is 867. The van der Waals surface area contributed by atoms with Gasteiger partial charge in [0, 0.05) is 19.0 Å². The molecule has 0 spiro atoms. The lowest BCUT2D eigenvalue weighted by Crippen LogP contribution is -2.23. The highest BCUT2D eigenvalue weighted by molar-refractivity contribution is 5.91. The van der Waals surface area contributed by atoms with Crippen LogP contribution in [-0.4, -0.2) is 32.8 Å². The minimum absolute atomic E-state index is 0.0261. The van der Waals surface area contributed by atoms with Crippen molar-refractivity contribution in [3.05, 3.63) is 59.2 Å². The van der Waals surface area contributed by atoms with E-state index in [-0.39, 0.29) is 17.4 Å². The maximum atomic E-state index is 12.5. The van der Waals surface area contributed by atoms with Gasteiger partial charge in [-0.05, 0) is 53.5 Å². The first-order valence-electron chi connectivity index (χ1n) is 8.88. The number of carbonyl (C=O) groups is 1. The van der Waals surface area contributed by atoms with Gasteiger partial charge in [0.1, 0.15) is 5.75 Å². The Morgan fingerprint density at radius 3 is 2.89 bits per heavy atom. The summed E-state index contributed by atoms with van der Waals surface area (Å²) in [6, 6.07) is 10.6. The van der Waals surface area contributed by atoms with E-state index in [1.165, 1.54) is 19.3 Å². The predicted molar refractivity (Wildman–Crippen MR) is 101 cm³/mol. The summed E-state index contributed by atoms with van der Waals surface area (Å²) in [7, 11) is 1.38. The molecule has 1 aliphatic heterocycles. The molecule has 0 saturated heterocycles. The van der Waals surface area contributed by atoms with E-state index in [2.05, 4.69) is 10.1 Å². The average Bonchev–Trinajstić information content (AvgIpc) is 3.14. The third-order valence-electron chi connectivity index (χ3n) is 4.30. The zero-order chi connectivity index (χ0) is 19.9. The number of hydrogen-bond donors (Lipinski definition) is 1. The molecule has 2 aromatic carbocycles. The number of carbonyl (C=O) groups excluding carboxylic acids is 1. The van der Waals surface area contributed by atoms with Crippen molar-refractivity contribution in [3.63, 3.8) is 0 Å². The Labute approximate surface area is 161 Å². The lowest BCUT2D eigenvalue weighted by Gasteiger charge is -2.11. The van der Waals surface area contributed by atoms with Crippen LogP contribution in [0.1, 0.15) is 16.7 Å². The molecule has 1 N–H and O–H groups in total. The smallest absolute Gasteiger partial charge is 0.387 e. The molecule has 7 heteroatoms. The van der Waals surface area contributed by atoms with Crippen molar-refractivity contribution >= 4 is 12.0 Å². The molecule has 5 nitrogen and oxygen atoms in total. The van der Waals surface area contributed by atoms with Gasteiger partial charge in [-0.2, -0.15) is 8.78 Å². The number of hydrogen-bond acceptors (Lipinski definition) is 4. The van der Waals surface area contributed by atoms with Gasteiger partial charge in [-0.15, -0.1) is 0 Å². The van der Waals surface area contributed by atoms with E-state index < -0.39 is 6.61 Å². The molecule has 1 amide bonds. The van der Waals surface area contributed by atoms with Crippen LogP contribution in [-0.2, 0) is 17.6 Å². The maximum absolute atomic E-state index is 12.5. The largest absolute Gasteiger partial charge is 0.493 e. The minimum Gasteiger partial charge on any atom is -0.493 e. The summed E-state index contributed by atoms with van der Waals surface area (Å²) in [5.41, 5.74) is 2.83. The second-order valence-corrected chi connectivity index (χ2v) is 6.20. The van der Waals surface area contributed by atoms with Gasteiger partial charge in [0.2, 0.25) is 5.91 Å². The average molecular weight is 389 g/mol. The fourth-order valence-electron chi connectivity index (χ4n) is 2.94. The van der Waals surface area contributed by atoms with E-state index in [4.69, 9.17) is 9.47 Å². The van der Waals surface area contributed by atoms with E-state index in [1.54, 1.807) is 18.2 Å². The fourth-order valence-corrected chi connectivity index (χ4v) is 2.94. The maximum Gasteiger partial charge on any atom is 0.387 e. The Balaban J connectivity index is 1.51. The monoisotopic (exact) mass is 389 g/mol. The Kier molecular flexibility index (Phi) is 6.47. The van der Waals surface area contributed by atoms with E-state index in [9.17, 15) is 13.6 Å². The molecule has 0 saturated carbocycles. The van der Waals surface area contributed by atoms with E-state index in [1.807, 2.05) is 18.2 Å². The number of ether oxygens (including phenoxy) is 3. The second kappa shape index (κ2) is 9.21. The van der Waals surface area contributed by atoms with Crippen molar-refractivity contribution in [3.8, 4) is 17.2 Å². The number of halogens is 2. The molecule has 0 unspecified atom stereocenters. The van der Waals surface area contributed by atoms with Crippen LogP contribution in [0, 0.1) is 0 Å². The fraction of sp³-hybridized carbons (Fsp3) is 0.286. The van der Waals surface area contributed by atoms with Gasteiger partial charge in [0.15, 0.2) is 11.5 Å². The topological polar surface area (TPSA) is 56.8 Å². The summed E-state index contributed by atoms with van der Waals surface area (Å²) >= 11 is 0. The molecular formula is C21H21F2NO4. The first-order valence-corrected chi connectivity index (χ1v) is 8.88. The van der Waals surface area contributed by atoms with Crippen LogP contribution in [0.4, 0.5) is 8.78 Å². The third-order valence-corrected chi connectivity index (χ3v) is 4.30. The number of benzene rings is 2. The van der Waals surface area contributed by atoms with Crippen LogP contribution in [0.25, 0.3) is 6.08 Å². The molecule has 148 valence electrons. The van der Waals surface area contributed by atoms with E-state index in [0.29, 0.717) is 19.6 Å². The minimum atomic E-state index is -2.93. The molecule has 28 heavy (non-hydrogen) atoms. The van der Waals surface area contributed by atoms with E-state index in [0.717, 1.165) is 28.9 Å². The molecule has 3 rings (SSSR count). The Morgan fingerprint density at radius 1 is 1.25 bits per heavy atom. The molecule has 1 heterocycles.